The normalized spacial score (nSPS) is 15.6. The van der Waals surface area contributed by atoms with E-state index in [2.05, 4.69) is 10.6 Å². The number of carbonyl (C=O) groups excluding carboxylic acids is 1. The molecule has 0 atom stereocenters. The van der Waals surface area contributed by atoms with Crippen molar-refractivity contribution in [2.24, 2.45) is 5.92 Å². The first-order valence-electron chi connectivity index (χ1n) is 5.11. The molecule has 0 saturated carbocycles. The Morgan fingerprint density at radius 1 is 1.44 bits per heavy atom. The molecule has 1 saturated heterocycles. The molecule has 5 heteroatoms. The van der Waals surface area contributed by atoms with Gasteiger partial charge in [0.05, 0.1) is 5.56 Å². The van der Waals surface area contributed by atoms with Gasteiger partial charge in [0, 0.05) is 25.6 Å². The van der Waals surface area contributed by atoms with Crippen molar-refractivity contribution in [2.45, 2.75) is 0 Å². The van der Waals surface area contributed by atoms with Crippen LogP contribution in [-0.2, 0) is 0 Å². The van der Waals surface area contributed by atoms with Crippen LogP contribution in [0.2, 0.25) is 0 Å². The molecule has 3 nitrogen and oxygen atoms in total. The highest BCUT2D eigenvalue weighted by molar-refractivity contribution is 5.94. The second-order valence-electron chi connectivity index (χ2n) is 3.84. The van der Waals surface area contributed by atoms with Gasteiger partial charge >= 0.3 is 0 Å². The fourth-order valence-corrected chi connectivity index (χ4v) is 1.50. The van der Waals surface area contributed by atoms with Crippen molar-refractivity contribution in [2.75, 3.05) is 19.6 Å². The lowest BCUT2D eigenvalue weighted by molar-refractivity contribution is 0.0937. The van der Waals surface area contributed by atoms with Crippen LogP contribution in [0.25, 0.3) is 0 Å². The van der Waals surface area contributed by atoms with Crippen LogP contribution in [0.15, 0.2) is 18.2 Å². The number of amides is 1. The molecule has 86 valence electrons. The Morgan fingerprint density at radius 3 is 2.81 bits per heavy atom. The summed E-state index contributed by atoms with van der Waals surface area (Å²) in [5, 5.41) is 5.64. The summed E-state index contributed by atoms with van der Waals surface area (Å²) in [6, 6.07) is 3.58. The SMILES string of the molecule is O=C(NCC1CNC1)c1cccc(F)c1F. The maximum absolute atomic E-state index is 13.2. The Hall–Kier alpha value is -1.49. The second kappa shape index (κ2) is 4.57. The summed E-state index contributed by atoms with van der Waals surface area (Å²) in [4.78, 5) is 11.5. The largest absolute Gasteiger partial charge is 0.352 e. The standard InChI is InChI=1S/C11H12F2N2O/c12-9-3-1-2-8(10(9)13)11(16)15-6-7-4-14-5-7/h1-3,7,14H,4-6H2,(H,15,16). The Bertz CT molecular complexity index is 405. The molecule has 1 aromatic rings. The van der Waals surface area contributed by atoms with Crippen molar-refractivity contribution >= 4 is 5.91 Å². The van der Waals surface area contributed by atoms with E-state index in [0.717, 1.165) is 19.2 Å². The summed E-state index contributed by atoms with van der Waals surface area (Å²) in [5.41, 5.74) is -0.243. The van der Waals surface area contributed by atoms with Crippen LogP contribution in [0, 0.1) is 17.6 Å². The third-order valence-corrected chi connectivity index (χ3v) is 2.61. The maximum atomic E-state index is 13.2. The first-order valence-corrected chi connectivity index (χ1v) is 5.11. The Morgan fingerprint density at radius 2 is 2.19 bits per heavy atom. The number of halogens is 2. The molecule has 0 unspecified atom stereocenters. The number of hydrogen-bond acceptors (Lipinski definition) is 2. The van der Waals surface area contributed by atoms with E-state index in [1.807, 2.05) is 0 Å². The molecule has 1 aliphatic rings. The van der Waals surface area contributed by atoms with E-state index >= 15 is 0 Å². The first-order chi connectivity index (χ1) is 7.68. The van der Waals surface area contributed by atoms with Crippen molar-refractivity contribution in [1.29, 1.82) is 0 Å². The van der Waals surface area contributed by atoms with Crippen molar-refractivity contribution in [3.63, 3.8) is 0 Å². The molecule has 16 heavy (non-hydrogen) atoms. The zero-order valence-electron chi connectivity index (χ0n) is 8.59. The third kappa shape index (κ3) is 2.19. The Kier molecular flexibility index (Phi) is 3.14. The third-order valence-electron chi connectivity index (χ3n) is 2.61. The zero-order valence-corrected chi connectivity index (χ0v) is 8.59. The van der Waals surface area contributed by atoms with Gasteiger partial charge in [-0.2, -0.15) is 0 Å². The van der Waals surface area contributed by atoms with E-state index in [9.17, 15) is 13.6 Å². The highest BCUT2D eigenvalue weighted by Gasteiger charge is 2.19. The van der Waals surface area contributed by atoms with E-state index in [-0.39, 0.29) is 5.56 Å². The predicted octanol–water partition coefficient (Wildman–Crippen LogP) is 0.914. The molecule has 1 amide bonds. The number of rotatable bonds is 3. The van der Waals surface area contributed by atoms with Crippen LogP contribution >= 0.6 is 0 Å². The van der Waals surface area contributed by atoms with Crippen LogP contribution in [-0.4, -0.2) is 25.5 Å². The lowest BCUT2D eigenvalue weighted by Crippen LogP contribution is -2.48. The molecule has 0 radical (unpaired) electrons. The smallest absolute Gasteiger partial charge is 0.254 e. The minimum Gasteiger partial charge on any atom is -0.352 e. The van der Waals surface area contributed by atoms with Crippen molar-refractivity contribution in [3.05, 3.63) is 35.4 Å². The summed E-state index contributed by atoms with van der Waals surface area (Å²) < 4.78 is 26.1. The van der Waals surface area contributed by atoms with Crippen LogP contribution in [0.1, 0.15) is 10.4 Å². The topological polar surface area (TPSA) is 41.1 Å². The fourth-order valence-electron chi connectivity index (χ4n) is 1.50. The number of benzene rings is 1. The molecule has 0 aromatic heterocycles. The average Bonchev–Trinajstić information content (AvgIpc) is 2.19. The summed E-state index contributed by atoms with van der Waals surface area (Å²) in [6.45, 7) is 2.19. The van der Waals surface area contributed by atoms with Gasteiger partial charge < -0.3 is 10.6 Å². The zero-order chi connectivity index (χ0) is 11.5. The molecule has 1 heterocycles. The van der Waals surface area contributed by atoms with Crippen LogP contribution < -0.4 is 10.6 Å². The lowest BCUT2D eigenvalue weighted by Gasteiger charge is -2.27. The minimum absolute atomic E-state index is 0.243. The second-order valence-corrected chi connectivity index (χ2v) is 3.84. The highest BCUT2D eigenvalue weighted by Crippen LogP contribution is 2.11. The van der Waals surface area contributed by atoms with Gasteiger partial charge in [-0.15, -0.1) is 0 Å². The van der Waals surface area contributed by atoms with Crippen molar-refractivity contribution in [3.8, 4) is 0 Å². The van der Waals surface area contributed by atoms with Crippen molar-refractivity contribution < 1.29 is 13.6 Å². The molecular formula is C11H12F2N2O. The Labute approximate surface area is 91.8 Å². The monoisotopic (exact) mass is 226 g/mol. The molecule has 0 spiro atoms. The van der Waals surface area contributed by atoms with Gasteiger partial charge in [0.1, 0.15) is 0 Å². The predicted molar refractivity (Wildman–Crippen MR) is 55.1 cm³/mol. The number of hydrogen-bond donors (Lipinski definition) is 2. The summed E-state index contributed by atoms with van der Waals surface area (Å²) in [7, 11) is 0. The van der Waals surface area contributed by atoms with Gasteiger partial charge in [-0.1, -0.05) is 6.07 Å². The van der Waals surface area contributed by atoms with Crippen molar-refractivity contribution in [1.82, 2.24) is 10.6 Å². The number of nitrogens with one attached hydrogen (secondary N) is 2. The Balaban J connectivity index is 1.99. The molecule has 1 aliphatic heterocycles. The van der Waals surface area contributed by atoms with E-state index in [1.54, 1.807) is 0 Å². The summed E-state index contributed by atoms with van der Waals surface area (Å²) in [5.74, 6) is -2.27. The van der Waals surface area contributed by atoms with E-state index in [1.165, 1.54) is 12.1 Å². The molecule has 2 rings (SSSR count). The van der Waals surface area contributed by atoms with Gasteiger partial charge in [0.2, 0.25) is 0 Å². The minimum atomic E-state index is -1.09. The van der Waals surface area contributed by atoms with E-state index < -0.39 is 17.5 Å². The van der Waals surface area contributed by atoms with Gasteiger partial charge in [0.25, 0.3) is 5.91 Å². The van der Waals surface area contributed by atoms with E-state index in [4.69, 9.17) is 0 Å². The fraction of sp³-hybridized carbons (Fsp3) is 0.364. The molecular weight excluding hydrogens is 214 g/mol. The molecule has 1 aromatic carbocycles. The quantitative estimate of drug-likeness (QED) is 0.804. The molecule has 0 bridgehead atoms. The molecule has 2 N–H and O–H groups in total. The maximum Gasteiger partial charge on any atom is 0.254 e. The average molecular weight is 226 g/mol. The highest BCUT2D eigenvalue weighted by atomic mass is 19.2. The van der Waals surface area contributed by atoms with Gasteiger partial charge in [-0.25, -0.2) is 8.78 Å². The lowest BCUT2D eigenvalue weighted by atomic mass is 10.0. The van der Waals surface area contributed by atoms with Crippen LogP contribution in [0.4, 0.5) is 8.78 Å². The number of carbonyl (C=O) groups is 1. The van der Waals surface area contributed by atoms with Gasteiger partial charge in [-0.05, 0) is 12.1 Å². The van der Waals surface area contributed by atoms with Gasteiger partial charge in [0.15, 0.2) is 11.6 Å². The summed E-state index contributed by atoms with van der Waals surface area (Å²) >= 11 is 0. The summed E-state index contributed by atoms with van der Waals surface area (Å²) in [6.07, 6.45) is 0. The first kappa shape index (κ1) is 11.0. The van der Waals surface area contributed by atoms with E-state index in [0.29, 0.717) is 12.5 Å². The van der Waals surface area contributed by atoms with Crippen LogP contribution in [0.3, 0.4) is 0 Å². The molecule has 1 fully saturated rings. The van der Waals surface area contributed by atoms with Gasteiger partial charge in [-0.3, -0.25) is 4.79 Å². The van der Waals surface area contributed by atoms with Crippen LogP contribution in [0.5, 0.6) is 0 Å². The molecule has 0 aliphatic carbocycles.